The van der Waals surface area contributed by atoms with Crippen LogP contribution in [0.5, 0.6) is 5.75 Å². The van der Waals surface area contributed by atoms with Crippen molar-refractivity contribution in [2.75, 3.05) is 13.2 Å². The zero-order valence-electron chi connectivity index (χ0n) is 9.39. The second-order valence-corrected chi connectivity index (χ2v) is 4.03. The number of hydrogen-bond acceptors (Lipinski definition) is 3. The van der Waals surface area contributed by atoms with Crippen LogP contribution in [0.15, 0.2) is 24.3 Å². The predicted molar refractivity (Wildman–Crippen MR) is 61.5 cm³/mol. The highest BCUT2D eigenvalue weighted by Crippen LogP contribution is 2.20. The van der Waals surface area contributed by atoms with Crippen LogP contribution in [-0.2, 0) is 11.2 Å². The Balaban J connectivity index is 1.94. The highest BCUT2D eigenvalue weighted by atomic mass is 16.7. The maximum absolute atomic E-state index is 8.87. The molecule has 2 rings (SSSR count). The molecule has 0 saturated carbocycles. The van der Waals surface area contributed by atoms with Crippen molar-refractivity contribution < 1.29 is 14.6 Å². The fraction of sp³-hybridized carbons (Fsp3) is 0.538. The molecule has 0 radical (unpaired) electrons. The SMILES string of the molecule is OCCc1cccc(OC2CCCCO2)c1. The van der Waals surface area contributed by atoms with Gasteiger partial charge in [-0.1, -0.05) is 12.1 Å². The highest BCUT2D eigenvalue weighted by Gasteiger charge is 2.14. The van der Waals surface area contributed by atoms with Crippen LogP contribution in [0.3, 0.4) is 0 Å². The lowest BCUT2D eigenvalue weighted by Gasteiger charge is -2.23. The summed E-state index contributed by atoms with van der Waals surface area (Å²) in [4.78, 5) is 0. The maximum atomic E-state index is 8.87. The molecule has 0 bridgehead atoms. The van der Waals surface area contributed by atoms with Crippen molar-refractivity contribution in [1.82, 2.24) is 0 Å². The smallest absolute Gasteiger partial charge is 0.199 e. The van der Waals surface area contributed by atoms with Crippen molar-refractivity contribution in [2.45, 2.75) is 32.0 Å². The minimum Gasteiger partial charge on any atom is -0.465 e. The summed E-state index contributed by atoms with van der Waals surface area (Å²) in [5.74, 6) is 0.831. The molecule has 0 spiro atoms. The Morgan fingerprint density at radius 2 is 2.31 bits per heavy atom. The summed E-state index contributed by atoms with van der Waals surface area (Å²) in [6, 6.07) is 7.83. The van der Waals surface area contributed by atoms with Crippen molar-refractivity contribution in [1.29, 1.82) is 0 Å². The Morgan fingerprint density at radius 1 is 1.38 bits per heavy atom. The van der Waals surface area contributed by atoms with Crippen LogP contribution in [0.1, 0.15) is 24.8 Å². The first-order valence-corrected chi connectivity index (χ1v) is 5.86. The summed E-state index contributed by atoms with van der Waals surface area (Å²) in [6.45, 7) is 0.963. The second-order valence-electron chi connectivity index (χ2n) is 4.03. The van der Waals surface area contributed by atoms with Gasteiger partial charge in [0.2, 0.25) is 0 Å². The van der Waals surface area contributed by atoms with E-state index in [0.29, 0.717) is 6.42 Å². The molecule has 1 N–H and O–H groups in total. The number of aliphatic hydroxyl groups is 1. The van der Waals surface area contributed by atoms with Gasteiger partial charge in [-0.15, -0.1) is 0 Å². The summed E-state index contributed by atoms with van der Waals surface area (Å²) >= 11 is 0. The molecule has 1 aromatic rings. The summed E-state index contributed by atoms with van der Waals surface area (Å²) in [5.41, 5.74) is 1.09. The molecular formula is C13H18O3. The molecule has 0 amide bonds. The zero-order chi connectivity index (χ0) is 11.2. The molecule has 1 unspecified atom stereocenters. The first-order valence-electron chi connectivity index (χ1n) is 5.86. The molecule has 3 nitrogen and oxygen atoms in total. The molecule has 88 valence electrons. The van der Waals surface area contributed by atoms with E-state index >= 15 is 0 Å². The highest BCUT2D eigenvalue weighted by molar-refractivity contribution is 5.28. The van der Waals surface area contributed by atoms with Crippen LogP contribution in [0.4, 0.5) is 0 Å². The predicted octanol–water partition coefficient (Wildman–Crippen LogP) is 2.13. The lowest BCUT2D eigenvalue weighted by molar-refractivity contribution is -0.105. The number of aliphatic hydroxyl groups excluding tert-OH is 1. The molecule has 1 atom stereocenters. The quantitative estimate of drug-likeness (QED) is 0.848. The zero-order valence-corrected chi connectivity index (χ0v) is 9.39. The molecule has 1 aliphatic heterocycles. The second kappa shape index (κ2) is 5.87. The van der Waals surface area contributed by atoms with E-state index in [1.165, 1.54) is 6.42 Å². The fourth-order valence-corrected chi connectivity index (χ4v) is 1.86. The van der Waals surface area contributed by atoms with E-state index in [9.17, 15) is 0 Å². The Morgan fingerprint density at radius 3 is 3.06 bits per heavy atom. The standard InChI is InChI=1S/C13H18O3/c14-8-7-11-4-3-5-12(10-11)16-13-6-1-2-9-15-13/h3-5,10,13-14H,1-2,6-9H2. The van der Waals surface area contributed by atoms with Gasteiger partial charge < -0.3 is 14.6 Å². The molecule has 1 heterocycles. The minimum atomic E-state index is -0.0990. The maximum Gasteiger partial charge on any atom is 0.199 e. The third kappa shape index (κ3) is 3.22. The average molecular weight is 222 g/mol. The number of hydrogen-bond donors (Lipinski definition) is 1. The van der Waals surface area contributed by atoms with Gasteiger partial charge in [0.25, 0.3) is 0 Å². The largest absolute Gasteiger partial charge is 0.465 e. The van der Waals surface area contributed by atoms with Gasteiger partial charge >= 0.3 is 0 Å². The summed E-state index contributed by atoms with van der Waals surface area (Å²) < 4.78 is 11.2. The van der Waals surface area contributed by atoms with Gasteiger partial charge in [-0.05, 0) is 37.0 Å². The van der Waals surface area contributed by atoms with E-state index in [0.717, 1.165) is 30.8 Å². The molecule has 1 saturated heterocycles. The van der Waals surface area contributed by atoms with Crippen LogP contribution in [0.2, 0.25) is 0 Å². The topological polar surface area (TPSA) is 38.7 Å². The van der Waals surface area contributed by atoms with Crippen LogP contribution in [0, 0.1) is 0 Å². The van der Waals surface area contributed by atoms with Crippen LogP contribution in [0.25, 0.3) is 0 Å². The van der Waals surface area contributed by atoms with E-state index < -0.39 is 0 Å². The van der Waals surface area contributed by atoms with Gasteiger partial charge in [0.05, 0.1) is 6.61 Å². The van der Waals surface area contributed by atoms with Crippen molar-refractivity contribution in [2.24, 2.45) is 0 Å². The monoisotopic (exact) mass is 222 g/mol. The lowest BCUT2D eigenvalue weighted by Crippen LogP contribution is -2.24. The summed E-state index contributed by atoms with van der Waals surface area (Å²) in [7, 11) is 0. The van der Waals surface area contributed by atoms with E-state index in [1.807, 2.05) is 24.3 Å². The van der Waals surface area contributed by atoms with Crippen molar-refractivity contribution in [3.8, 4) is 5.75 Å². The Kier molecular flexibility index (Phi) is 4.19. The van der Waals surface area contributed by atoms with E-state index in [1.54, 1.807) is 0 Å². The van der Waals surface area contributed by atoms with Gasteiger partial charge in [0.1, 0.15) is 5.75 Å². The van der Waals surface area contributed by atoms with Crippen molar-refractivity contribution >= 4 is 0 Å². The number of benzene rings is 1. The molecular weight excluding hydrogens is 204 g/mol. The number of rotatable bonds is 4. The normalized spacial score (nSPS) is 20.7. The van der Waals surface area contributed by atoms with Gasteiger partial charge in [0.15, 0.2) is 6.29 Å². The molecule has 1 aromatic carbocycles. The first-order chi connectivity index (χ1) is 7.88. The summed E-state index contributed by atoms with van der Waals surface area (Å²) in [5, 5.41) is 8.87. The minimum absolute atomic E-state index is 0.0990. The molecule has 0 aromatic heterocycles. The van der Waals surface area contributed by atoms with Crippen LogP contribution >= 0.6 is 0 Å². The third-order valence-electron chi connectivity index (χ3n) is 2.70. The molecule has 16 heavy (non-hydrogen) atoms. The number of ether oxygens (including phenoxy) is 2. The van der Waals surface area contributed by atoms with Gasteiger partial charge in [-0.2, -0.15) is 0 Å². The lowest BCUT2D eigenvalue weighted by atomic mass is 10.1. The van der Waals surface area contributed by atoms with Crippen molar-refractivity contribution in [3.05, 3.63) is 29.8 Å². The Labute approximate surface area is 96.0 Å². The molecule has 0 aliphatic carbocycles. The van der Waals surface area contributed by atoms with Gasteiger partial charge in [-0.25, -0.2) is 0 Å². The average Bonchev–Trinajstić information content (AvgIpc) is 2.31. The Hall–Kier alpha value is -1.06. The third-order valence-corrected chi connectivity index (χ3v) is 2.70. The fourth-order valence-electron chi connectivity index (χ4n) is 1.86. The van der Waals surface area contributed by atoms with E-state index in [-0.39, 0.29) is 12.9 Å². The molecule has 1 aliphatic rings. The Bertz CT molecular complexity index is 319. The summed E-state index contributed by atoms with van der Waals surface area (Å²) in [6.07, 6.45) is 3.83. The van der Waals surface area contributed by atoms with Crippen LogP contribution < -0.4 is 4.74 Å². The van der Waals surface area contributed by atoms with Gasteiger partial charge in [0, 0.05) is 13.0 Å². The molecule has 3 heteroatoms. The van der Waals surface area contributed by atoms with Gasteiger partial charge in [-0.3, -0.25) is 0 Å². The van der Waals surface area contributed by atoms with E-state index in [4.69, 9.17) is 14.6 Å². The van der Waals surface area contributed by atoms with Crippen LogP contribution in [-0.4, -0.2) is 24.6 Å². The molecule has 1 fully saturated rings. The van der Waals surface area contributed by atoms with E-state index in [2.05, 4.69) is 0 Å². The first kappa shape index (κ1) is 11.4. The van der Waals surface area contributed by atoms with Crippen molar-refractivity contribution in [3.63, 3.8) is 0 Å².